The van der Waals surface area contributed by atoms with Gasteiger partial charge in [-0.3, -0.25) is 9.78 Å². The van der Waals surface area contributed by atoms with Crippen LogP contribution in [0.5, 0.6) is 0 Å². The number of benzene rings is 1. The van der Waals surface area contributed by atoms with Crippen LogP contribution in [0.1, 0.15) is 22.8 Å². The van der Waals surface area contributed by atoms with E-state index < -0.39 is 0 Å². The summed E-state index contributed by atoms with van der Waals surface area (Å²) in [4.78, 5) is 15.4. The maximum atomic E-state index is 11.3. The first-order valence-corrected chi connectivity index (χ1v) is 5.68. The number of ketones is 1. The van der Waals surface area contributed by atoms with Crippen molar-refractivity contribution in [2.75, 3.05) is 0 Å². The van der Waals surface area contributed by atoms with Gasteiger partial charge in [-0.2, -0.15) is 0 Å². The van der Waals surface area contributed by atoms with Crippen LogP contribution < -0.4 is 0 Å². The first kappa shape index (κ1) is 11.8. The van der Waals surface area contributed by atoms with Gasteiger partial charge in [0.2, 0.25) is 0 Å². The third kappa shape index (κ3) is 2.53. The molecule has 17 heavy (non-hydrogen) atoms. The molecule has 2 rings (SSSR count). The lowest BCUT2D eigenvalue weighted by Crippen LogP contribution is -1.94. The van der Waals surface area contributed by atoms with Gasteiger partial charge in [-0.1, -0.05) is 17.7 Å². The Hall–Kier alpha value is -1.67. The molecule has 0 atom stereocenters. The Bertz CT molecular complexity index is 578. The standard InChI is InChI=1S/C14H12ClNO/c1-9-3-4-13(15)6-14(9)12-5-11(10(2)17)7-16-8-12/h3-8H,1-2H3. The Morgan fingerprint density at radius 3 is 2.71 bits per heavy atom. The lowest BCUT2D eigenvalue weighted by Gasteiger charge is -2.07. The Kier molecular flexibility index (Phi) is 3.25. The summed E-state index contributed by atoms with van der Waals surface area (Å²) in [5.74, 6) is 0.0130. The molecule has 1 heterocycles. The van der Waals surface area contributed by atoms with E-state index in [0.29, 0.717) is 10.6 Å². The summed E-state index contributed by atoms with van der Waals surface area (Å²) in [5, 5.41) is 0.679. The number of nitrogens with zero attached hydrogens (tertiary/aromatic N) is 1. The lowest BCUT2D eigenvalue weighted by atomic mass is 10.0. The molecule has 1 aromatic carbocycles. The van der Waals surface area contributed by atoms with Crippen molar-refractivity contribution >= 4 is 17.4 Å². The molecule has 0 radical (unpaired) electrons. The number of halogens is 1. The predicted octanol–water partition coefficient (Wildman–Crippen LogP) is 3.91. The minimum absolute atomic E-state index is 0.0130. The average molecular weight is 246 g/mol. The van der Waals surface area contributed by atoms with Crippen LogP contribution in [0.4, 0.5) is 0 Å². The van der Waals surface area contributed by atoms with Crippen molar-refractivity contribution in [3.8, 4) is 11.1 Å². The Morgan fingerprint density at radius 1 is 1.24 bits per heavy atom. The zero-order valence-electron chi connectivity index (χ0n) is 9.70. The van der Waals surface area contributed by atoms with Crippen molar-refractivity contribution in [1.82, 2.24) is 4.98 Å². The molecule has 0 aliphatic carbocycles. The van der Waals surface area contributed by atoms with E-state index in [4.69, 9.17) is 11.6 Å². The number of hydrogen-bond acceptors (Lipinski definition) is 2. The maximum Gasteiger partial charge on any atom is 0.161 e. The van der Waals surface area contributed by atoms with Crippen LogP contribution in [0.2, 0.25) is 5.02 Å². The Morgan fingerprint density at radius 2 is 2.00 bits per heavy atom. The number of rotatable bonds is 2. The van der Waals surface area contributed by atoms with Gasteiger partial charge >= 0.3 is 0 Å². The second-order valence-corrected chi connectivity index (χ2v) is 4.41. The zero-order valence-corrected chi connectivity index (χ0v) is 10.5. The fourth-order valence-electron chi connectivity index (χ4n) is 1.68. The first-order valence-electron chi connectivity index (χ1n) is 5.30. The molecule has 0 aliphatic rings. The van der Waals surface area contributed by atoms with E-state index in [1.54, 1.807) is 12.4 Å². The van der Waals surface area contributed by atoms with Crippen LogP contribution in [0.15, 0.2) is 36.7 Å². The lowest BCUT2D eigenvalue weighted by molar-refractivity contribution is 0.101. The minimum Gasteiger partial charge on any atom is -0.294 e. The molecule has 0 saturated heterocycles. The second kappa shape index (κ2) is 4.68. The third-order valence-corrected chi connectivity index (χ3v) is 2.89. The summed E-state index contributed by atoms with van der Waals surface area (Å²) in [6.07, 6.45) is 3.32. The molecule has 0 bridgehead atoms. The molecular weight excluding hydrogens is 234 g/mol. The predicted molar refractivity (Wildman–Crippen MR) is 69.4 cm³/mol. The van der Waals surface area contributed by atoms with E-state index >= 15 is 0 Å². The summed E-state index contributed by atoms with van der Waals surface area (Å²) < 4.78 is 0. The summed E-state index contributed by atoms with van der Waals surface area (Å²) in [6.45, 7) is 3.54. The molecule has 0 saturated carbocycles. The van der Waals surface area contributed by atoms with Crippen LogP contribution in [-0.4, -0.2) is 10.8 Å². The highest BCUT2D eigenvalue weighted by Gasteiger charge is 2.06. The molecule has 1 aromatic heterocycles. The van der Waals surface area contributed by atoms with E-state index in [2.05, 4.69) is 4.98 Å². The molecule has 0 amide bonds. The molecule has 0 aliphatic heterocycles. The highest BCUT2D eigenvalue weighted by atomic mass is 35.5. The van der Waals surface area contributed by atoms with Crippen molar-refractivity contribution in [3.05, 3.63) is 52.8 Å². The monoisotopic (exact) mass is 245 g/mol. The van der Waals surface area contributed by atoms with Gasteiger partial charge in [0.05, 0.1) is 0 Å². The van der Waals surface area contributed by atoms with Gasteiger partial charge in [0.25, 0.3) is 0 Å². The molecule has 0 spiro atoms. The molecule has 2 nitrogen and oxygen atoms in total. The number of aryl methyl sites for hydroxylation is 1. The van der Waals surface area contributed by atoms with Crippen molar-refractivity contribution < 1.29 is 4.79 Å². The van der Waals surface area contributed by atoms with Gasteiger partial charge in [-0.15, -0.1) is 0 Å². The number of Topliss-reactive ketones (excluding diaryl/α,β-unsaturated/α-hetero) is 1. The summed E-state index contributed by atoms with van der Waals surface area (Å²) >= 11 is 5.98. The van der Waals surface area contributed by atoms with Gasteiger partial charge in [-0.05, 0) is 43.2 Å². The number of pyridine rings is 1. The molecule has 0 fully saturated rings. The molecule has 2 aromatic rings. The van der Waals surface area contributed by atoms with Crippen LogP contribution >= 0.6 is 11.6 Å². The Labute approximate surface area is 105 Å². The van der Waals surface area contributed by atoms with Gasteiger partial charge in [0, 0.05) is 28.5 Å². The van der Waals surface area contributed by atoms with Crippen molar-refractivity contribution in [2.24, 2.45) is 0 Å². The van der Waals surface area contributed by atoms with Gasteiger partial charge in [-0.25, -0.2) is 0 Å². The van der Waals surface area contributed by atoms with Crippen LogP contribution in [-0.2, 0) is 0 Å². The van der Waals surface area contributed by atoms with Gasteiger partial charge in [0.1, 0.15) is 0 Å². The first-order chi connectivity index (χ1) is 8.08. The highest BCUT2D eigenvalue weighted by Crippen LogP contribution is 2.26. The zero-order chi connectivity index (χ0) is 12.4. The van der Waals surface area contributed by atoms with E-state index in [-0.39, 0.29) is 5.78 Å². The summed E-state index contributed by atoms with van der Waals surface area (Å²) in [5.41, 5.74) is 3.64. The topological polar surface area (TPSA) is 30.0 Å². The van der Waals surface area contributed by atoms with E-state index in [0.717, 1.165) is 16.7 Å². The minimum atomic E-state index is 0.0130. The van der Waals surface area contributed by atoms with Crippen molar-refractivity contribution in [3.63, 3.8) is 0 Å². The SMILES string of the molecule is CC(=O)c1cncc(-c2cc(Cl)ccc2C)c1. The average Bonchev–Trinajstić information content (AvgIpc) is 2.32. The molecule has 0 N–H and O–H groups in total. The smallest absolute Gasteiger partial charge is 0.161 e. The van der Waals surface area contributed by atoms with Crippen LogP contribution in [0, 0.1) is 6.92 Å². The van der Waals surface area contributed by atoms with E-state index in [9.17, 15) is 4.79 Å². The molecule has 86 valence electrons. The van der Waals surface area contributed by atoms with Crippen molar-refractivity contribution in [1.29, 1.82) is 0 Å². The number of carbonyl (C=O) groups excluding carboxylic acids is 1. The van der Waals surface area contributed by atoms with Gasteiger partial charge in [0.15, 0.2) is 5.78 Å². The van der Waals surface area contributed by atoms with Crippen LogP contribution in [0.3, 0.4) is 0 Å². The van der Waals surface area contributed by atoms with E-state index in [1.807, 2.05) is 31.2 Å². The third-order valence-electron chi connectivity index (χ3n) is 2.66. The number of aromatic nitrogens is 1. The largest absolute Gasteiger partial charge is 0.294 e. The fourth-order valence-corrected chi connectivity index (χ4v) is 1.86. The normalized spacial score (nSPS) is 10.3. The molecule has 0 unspecified atom stereocenters. The molecule has 3 heteroatoms. The highest BCUT2D eigenvalue weighted by molar-refractivity contribution is 6.30. The van der Waals surface area contributed by atoms with E-state index in [1.165, 1.54) is 6.92 Å². The quantitative estimate of drug-likeness (QED) is 0.751. The number of hydrogen-bond donors (Lipinski definition) is 0. The fraction of sp³-hybridized carbons (Fsp3) is 0.143. The number of carbonyl (C=O) groups is 1. The maximum absolute atomic E-state index is 11.3. The Balaban J connectivity index is 2.56. The summed E-state index contributed by atoms with van der Waals surface area (Å²) in [7, 11) is 0. The summed E-state index contributed by atoms with van der Waals surface area (Å²) in [6, 6.07) is 7.53. The molecular formula is C14H12ClNO. The second-order valence-electron chi connectivity index (χ2n) is 3.98. The van der Waals surface area contributed by atoms with Crippen LogP contribution in [0.25, 0.3) is 11.1 Å². The van der Waals surface area contributed by atoms with Crippen molar-refractivity contribution in [2.45, 2.75) is 13.8 Å². The van der Waals surface area contributed by atoms with Gasteiger partial charge < -0.3 is 0 Å².